The van der Waals surface area contributed by atoms with E-state index in [2.05, 4.69) is 27.7 Å². The Kier molecular flexibility index (Phi) is 4.99. The number of hydrogen-bond donors (Lipinski definition) is 3. The van der Waals surface area contributed by atoms with Crippen LogP contribution in [0.1, 0.15) is 79.1 Å². The molecule has 6 fully saturated rings. The molecule has 5 heteroatoms. The Bertz CT molecular complexity index is 748. The van der Waals surface area contributed by atoms with Crippen LogP contribution in [0.15, 0.2) is 0 Å². The lowest BCUT2D eigenvalue weighted by Crippen LogP contribution is -2.61. The normalized spacial score (nSPS) is 64.0. The van der Waals surface area contributed by atoms with Crippen LogP contribution in [0.4, 0.5) is 0 Å². The molecule has 0 aromatic carbocycles. The van der Waals surface area contributed by atoms with Gasteiger partial charge in [0.15, 0.2) is 5.79 Å². The first kappa shape index (κ1) is 22.3. The van der Waals surface area contributed by atoms with E-state index in [1.54, 1.807) is 0 Å². The van der Waals surface area contributed by atoms with Crippen molar-refractivity contribution in [3.8, 4) is 0 Å². The van der Waals surface area contributed by atoms with E-state index in [4.69, 9.17) is 9.47 Å². The highest BCUT2D eigenvalue weighted by atomic mass is 16.7. The fourth-order valence-electron chi connectivity index (χ4n) is 10.2. The summed E-state index contributed by atoms with van der Waals surface area (Å²) in [5.41, 5.74) is -0.170. The van der Waals surface area contributed by atoms with Crippen LogP contribution in [0, 0.1) is 52.3 Å². The Labute approximate surface area is 193 Å². The standard InChI is InChI=1S/C27H44O5/c1-14-7-10-27(31-13-14)15(2)21-24(32-27)23(30)22-18-6-5-16-11-17(28)8-9-25(16,3)19(18)12-20(29)26(21,22)4/h14-24,28-30H,5-13H2,1-4H3/t14-,15+,16+,17+,18-,19+,20-,21+,22-,23-,24-,25+,26-,27-/m1/s1. The number of aliphatic hydroxyl groups excluding tert-OH is 3. The highest BCUT2D eigenvalue weighted by molar-refractivity contribution is 5.20. The minimum atomic E-state index is -0.587. The molecule has 0 radical (unpaired) electrons. The quantitative estimate of drug-likeness (QED) is 0.526. The zero-order valence-corrected chi connectivity index (χ0v) is 20.4. The average Bonchev–Trinajstić information content (AvgIpc) is 3.16. The Morgan fingerprint density at radius 2 is 1.66 bits per heavy atom. The summed E-state index contributed by atoms with van der Waals surface area (Å²) in [5, 5.41) is 33.9. The van der Waals surface area contributed by atoms with E-state index in [0.29, 0.717) is 23.7 Å². The van der Waals surface area contributed by atoms with Gasteiger partial charge in [0.25, 0.3) is 0 Å². The number of rotatable bonds is 0. The SMILES string of the molecule is C[C@@H]1CC[C@@]2(OC1)O[C@H]1[C@H](O)[C@H]3[C@@H]4CC[C@H]5C[C@@H](O)CC[C@]5(C)[C@H]4C[C@@H](O)[C@]3(C)[C@H]1[C@@H]2C. The first-order valence-electron chi connectivity index (χ1n) is 13.5. The van der Waals surface area contributed by atoms with E-state index in [1.807, 2.05) is 0 Å². The van der Waals surface area contributed by atoms with Gasteiger partial charge in [-0.15, -0.1) is 0 Å². The van der Waals surface area contributed by atoms with Crippen LogP contribution in [0.3, 0.4) is 0 Å². The highest BCUT2D eigenvalue weighted by Crippen LogP contribution is 2.71. The second-order valence-electron chi connectivity index (χ2n) is 13.3. The molecule has 4 aliphatic carbocycles. The number of fused-ring (bicyclic) bond motifs is 7. The third kappa shape index (κ3) is 2.69. The second kappa shape index (κ2) is 7.16. The van der Waals surface area contributed by atoms with Gasteiger partial charge in [0, 0.05) is 23.7 Å². The molecule has 32 heavy (non-hydrogen) atoms. The van der Waals surface area contributed by atoms with Crippen molar-refractivity contribution < 1.29 is 24.8 Å². The van der Waals surface area contributed by atoms with Gasteiger partial charge in [-0.05, 0) is 80.0 Å². The van der Waals surface area contributed by atoms with Crippen molar-refractivity contribution in [2.75, 3.05) is 6.61 Å². The Morgan fingerprint density at radius 1 is 0.875 bits per heavy atom. The van der Waals surface area contributed by atoms with E-state index in [-0.39, 0.29) is 40.8 Å². The van der Waals surface area contributed by atoms with Gasteiger partial charge in [-0.2, -0.15) is 0 Å². The molecule has 0 bridgehead atoms. The van der Waals surface area contributed by atoms with Crippen molar-refractivity contribution in [2.45, 2.75) is 109 Å². The van der Waals surface area contributed by atoms with E-state index >= 15 is 0 Å². The maximum atomic E-state index is 11.8. The molecule has 6 aliphatic rings. The van der Waals surface area contributed by atoms with Crippen molar-refractivity contribution in [1.29, 1.82) is 0 Å². The summed E-state index contributed by atoms with van der Waals surface area (Å²) in [5.74, 6) is 1.74. The summed E-state index contributed by atoms with van der Waals surface area (Å²) >= 11 is 0. The van der Waals surface area contributed by atoms with Crippen molar-refractivity contribution in [1.82, 2.24) is 0 Å². The fourth-order valence-corrected chi connectivity index (χ4v) is 10.2. The fraction of sp³-hybridized carbons (Fsp3) is 1.00. The predicted octanol–water partition coefficient (Wildman–Crippen LogP) is 3.74. The van der Waals surface area contributed by atoms with Crippen molar-refractivity contribution >= 4 is 0 Å². The predicted molar refractivity (Wildman–Crippen MR) is 121 cm³/mol. The number of ether oxygens (including phenoxy) is 2. The first-order valence-corrected chi connectivity index (χ1v) is 13.5. The third-order valence-electron chi connectivity index (χ3n) is 12.0. The van der Waals surface area contributed by atoms with Gasteiger partial charge < -0.3 is 24.8 Å². The molecule has 0 amide bonds. The summed E-state index contributed by atoms with van der Waals surface area (Å²) in [6.07, 6.45) is 6.52. The molecule has 2 saturated heterocycles. The topological polar surface area (TPSA) is 79.2 Å². The van der Waals surface area contributed by atoms with Gasteiger partial charge in [-0.25, -0.2) is 0 Å². The van der Waals surface area contributed by atoms with Crippen LogP contribution < -0.4 is 0 Å². The molecule has 5 nitrogen and oxygen atoms in total. The van der Waals surface area contributed by atoms with Gasteiger partial charge >= 0.3 is 0 Å². The van der Waals surface area contributed by atoms with Gasteiger partial charge in [0.2, 0.25) is 0 Å². The molecule has 14 atom stereocenters. The summed E-state index contributed by atoms with van der Waals surface area (Å²) < 4.78 is 13.1. The number of aliphatic hydroxyl groups is 3. The monoisotopic (exact) mass is 448 g/mol. The zero-order valence-electron chi connectivity index (χ0n) is 20.4. The minimum Gasteiger partial charge on any atom is -0.393 e. The maximum absolute atomic E-state index is 11.8. The molecular formula is C27H44O5. The smallest absolute Gasteiger partial charge is 0.171 e. The van der Waals surface area contributed by atoms with Crippen molar-refractivity contribution in [3.63, 3.8) is 0 Å². The van der Waals surface area contributed by atoms with Gasteiger partial charge in [0.1, 0.15) is 0 Å². The molecule has 0 aromatic heterocycles. The number of hydrogen-bond acceptors (Lipinski definition) is 5. The van der Waals surface area contributed by atoms with Gasteiger partial charge in [0.05, 0.1) is 31.0 Å². The molecule has 4 saturated carbocycles. The summed E-state index contributed by atoms with van der Waals surface area (Å²) in [4.78, 5) is 0. The Balaban J connectivity index is 1.33. The minimum absolute atomic E-state index is 0.0817. The van der Waals surface area contributed by atoms with E-state index in [1.165, 1.54) is 0 Å². The average molecular weight is 449 g/mol. The highest BCUT2D eigenvalue weighted by Gasteiger charge is 2.74. The third-order valence-corrected chi connectivity index (χ3v) is 12.0. The molecule has 2 heterocycles. The van der Waals surface area contributed by atoms with Gasteiger partial charge in [-0.1, -0.05) is 27.7 Å². The van der Waals surface area contributed by atoms with Gasteiger partial charge in [-0.3, -0.25) is 0 Å². The summed E-state index contributed by atoms with van der Waals surface area (Å²) in [7, 11) is 0. The lowest BCUT2D eigenvalue weighted by Gasteiger charge is -2.62. The molecule has 1 spiro atoms. The molecule has 0 unspecified atom stereocenters. The lowest BCUT2D eigenvalue weighted by molar-refractivity contribution is -0.284. The Hall–Kier alpha value is -0.200. The summed E-state index contributed by atoms with van der Waals surface area (Å²) in [6.45, 7) is 9.88. The van der Waals surface area contributed by atoms with Crippen molar-refractivity contribution in [3.05, 3.63) is 0 Å². The summed E-state index contributed by atoms with van der Waals surface area (Å²) in [6, 6.07) is 0. The Morgan fingerprint density at radius 3 is 2.38 bits per heavy atom. The lowest BCUT2D eigenvalue weighted by atomic mass is 9.43. The van der Waals surface area contributed by atoms with E-state index < -0.39 is 18.0 Å². The molecule has 3 N–H and O–H groups in total. The molecule has 2 aliphatic heterocycles. The van der Waals surface area contributed by atoms with Crippen LogP contribution in [0.5, 0.6) is 0 Å². The van der Waals surface area contributed by atoms with Crippen LogP contribution >= 0.6 is 0 Å². The molecule has 0 aromatic rings. The van der Waals surface area contributed by atoms with Crippen LogP contribution in [0.2, 0.25) is 0 Å². The first-order chi connectivity index (χ1) is 15.1. The van der Waals surface area contributed by atoms with Crippen molar-refractivity contribution in [2.24, 2.45) is 52.3 Å². The molecular weight excluding hydrogens is 404 g/mol. The molecule has 6 rings (SSSR count). The van der Waals surface area contributed by atoms with E-state index in [0.717, 1.165) is 58.0 Å². The van der Waals surface area contributed by atoms with Crippen LogP contribution in [-0.2, 0) is 9.47 Å². The zero-order chi connectivity index (χ0) is 22.6. The maximum Gasteiger partial charge on any atom is 0.171 e. The van der Waals surface area contributed by atoms with Crippen LogP contribution in [-0.4, -0.2) is 52.1 Å². The largest absolute Gasteiger partial charge is 0.393 e. The molecule has 182 valence electrons. The van der Waals surface area contributed by atoms with Crippen LogP contribution in [0.25, 0.3) is 0 Å². The second-order valence-corrected chi connectivity index (χ2v) is 13.3. The van der Waals surface area contributed by atoms with E-state index in [9.17, 15) is 15.3 Å².